The van der Waals surface area contributed by atoms with E-state index in [0.717, 1.165) is 6.07 Å². The van der Waals surface area contributed by atoms with Crippen molar-refractivity contribution in [3.8, 4) is 6.07 Å². The van der Waals surface area contributed by atoms with Crippen LogP contribution >= 0.6 is 0 Å². The molecule has 1 rings (SSSR count). The minimum absolute atomic E-state index is 0.202. The van der Waals surface area contributed by atoms with Gasteiger partial charge in [-0.2, -0.15) is 5.26 Å². The van der Waals surface area contributed by atoms with E-state index >= 15 is 0 Å². The number of anilines is 1. The summed E-state index contributed by atoms with van der Waals surface area (Å²) in [6.07, 6.45) is 0. The van der Waals surface area contributed by atoms with Gasteiger partial charge in [-0.05, 0) is 24.1 Å². The number of nitriles is 1. The summed E-state index contributed by atoms with van der Waals surface area (Å²) in [6, 6.07) is 3.37. The van der Waals surface area contributed by atoms with Crippen molar-refractivity contribution in [2.75, 3.05) is 5.32 Å². The number of amides is 2. The van der Waals surface area contributed by atoms with Crippen LogP contribution in [0.2, 0.25) is 0 Å². The van der Waals surface area contributed by atoms with Gasteiger partial charge in [-0.1, -0.05) is 13.8 Å². The third-order valence-corrected chi connectivity index (χ3v) is 2.56. The number of carbonyl (C=O) groups is 2. The molecule has 0 aliphatic heterocycles. The number of nitrogens with one attached hydrogen (secondary N) is 2. The summed E-state index contributed by atoms with van der Waals surface area (Å²) < 4.78 is 13.1. The molecule has 1 aromatic carbocycles. The monoisotopic (exact) mass is 279 g/mol. The first-order valence-corrected chi connectivity index (χ1v) is 5.85. The van der Waals surface area contributed by atoms with Gasteiger partial charge in [0.15, 0.2) is 0 Å². The summed E-state index contributed by atoms with van der Waals surface area (Å²) in [7, 11) is 0. The van der Waals surface area contributed by atoms with Gasteiger partial charge in [0.2, 0.25) is 0 Å². The molecule has 0 heterocycles. The van der Waals surface area contributed by atoms with Crippen LogP contribution in [0, 0.1) is 23.1 Å². The maximum absolute atomic E-state index is 13.1. The molecule has 0 aliphatic rings. The second-order valence-electron chi connectivity index (χ2n) is 4.46. The standard InChI is InChI=1S/C13H14FN3O3/c1-7(2)11(12(18)19)17-13(20)16-9-3-4-10(14)8(5-9)6-15/h3-5,7,11H,1-2H3,(H,18,19)(H2,16,17,20)/t11-/m1/s1. The number of rotatable bonds is 4. The summed E-state index contributed by atoms with van der Waals surface area (Å²) in [6.45, 7) is 3.31. The number of carboxylic acids is 1. The maximum Gasteiger partial charge on any atom is 0.326 e. The molecule has 6 nitrogen and oxygen atoms in total. The minimum Gasteiger partial charge on any atom is -0.480 e. The molecule has 106 valence electrons. The van der Waals surface area contributed by atoms with Crippen molar-refractivity contribution in [2.24, 2.45) is 5.92 Å². The first kappa shape index (κ1) is 15.4. The van der Waals surface area contributed by atoms with Crippen LogP contribution in [0.15, 0.2) is 18.2 Å². The highest BCUT2D eigenvalue weighted by Gasteiger charge is 2.23. The molecule has 0 fully saturated rings. The highest BCUT2D eigenvalue weighted by atomic mass is 19.1. The van der Waals surface area contributed by atoms with Crippen LogP contribution < -0.4 is 10.6 Å². The molecule has 0 aliphatic carbocycles. The van der Waals surface area contributed by atoms with Gasteiger partial charge in [0.05, 0.1) is 5.56 Å². The van der Waals surface area contributed by atoms with Gasteiger partial charge >= 0.3 is 12.0 Å². The van der Waals surface area contributed by atoms with Crippen molar-refractivity contribution in [3.63, 3.8) is 0 Å². The van der Waals surface area contributed by atoms with Crippen LogP contribution in [0.25, 0.3) is 0 Å². The van der Waals surface area contributed by atoms with Crippen LogP contribution in [0.1, 0.15) is 19.4 Å². The predicted octanol–water partition coefficient (Wildman–Crippen LogP) is 1.93. The number of hydrogen-bond acceptors (Lipinski definition) is 3. The van der Waals surface area contributed by atoms with Crippen molar-refractivity contribution in [2.45, 2.75) is 19.9 Å². The molecule has 1 aromatic rings. The van der Waals surface area contributed by atoms with Crippen molar-refractivity contribution >= 4 is 17.7 Å². The summed E-state index contributed by atoms with van der Waals surface area (Å²) in [5.74, 6) is -2.13. The Kier molecular flexibility index (Phi) is 5.03. The average molecular weight is 279 g/mol. The number of nitrogens with zero attached hydrogens (tertiary/aromatic N) is 1. The Morgan fingerprint density at radius 3 is 2.55 bits per heavy atom. The third kappa shape index (κ3) is 3.95. The normalized spacial score (nSPS) is 11.6. The summed E-state index contributed by atoms with van der Waals surface area (Å²) in [5, 5.41) is 22.3. The van der Waals surface area contributed by atoms with Gasteiger partial charge in [-0.15, -0.1) is 0 Å². The number of aliphatic carboxylic acids is 1. The fourth-order valence-corrected chi connectivity index (χ4v) is 1.51. The lowest BCUT2D eigenvalue weighted by molar-refractivity contribution is -0.140. The molecular weight excluding hydrogens is 265 g/mol. The second-order valence-corrected chi connectivity index (χ2v) is 4.46. The van der Waals surface area contributed by atoms with Crippen molar-refractivity contribution < 1.29 is 19.1 Å². The van der Waals surface area contributed by atoms with Crippen LogP contribution in [0.4, 0.5) is 14.9 Å². The molecule has 20 heavy (non-hydrogen) atoms. The summed E-state index contributed by atoms with van der Waals surface area (Å²) in [4.78, 5) is 22.6. The number of halogens is 1. The maximum atomic E-state index is 13.1. The van der Waals surface area contributed by atoms with Crippen LogP contribution in [-0.2, 0) is 4.79 Å². The number of carbonyl (C=O) groups excluding carboxylic acids is 1. The van der Waals surface area contributed by atoms with Gasteiger partial charge in [0.25, 0.3) is 0 Å². The topological polar surface area (TPSA) is 102 Å². The van der Waals surface area contributed by atoms with Crippen LogP contribution in [0.5, 0.6) is 0 Å². The number of urea groups is 1. The molecule has 0 saturated heterocycles. The highest BCUT2D eigenvalue weighted by molar-refractivity contribution is 5.92. The number of carboxylic acid groups (broad SMARTS) is 1. The van der Waals surface area contributed by atoms with E-state index < -0.39 is 23.9 Å². The van der Waals surface area contributed by atoms with E-state index in [1.54, 1.807) is 19.9 Å². The smallest absolute Gasteiger partial charge is 0.326 e. The molecule has 2 amide bonds. The Balaban J connectivity index is 2.76. The lowest BCUT2D eigenvalue weighted by Gasteiger charge is -2.18. The largest absolute Gasteiger partial charge is 0.480 e. The predicted molar refractivity (Wildman–Crippen MR) is 69.5 cm³/mol. The van der Waals surface area contributed by atoms with E-state index in [0.29, 0.717) is 0 Å². The van der Waals surface area contributed by atoms with E-state index in [9.17, 15) is 14.0 Å². The number of benzene rings is 1. The van der Waals surface area contributed by atoms with Gasteiger partial charge < -0.3 is 15.7 Å². The van der Waals surface area contributed by atoms with E-state index in [-0.39, 0.29) is 17.2 Å². The van der Waals surface area contributed by atoms with Gasteiger partial charge in [-0.3, -0.25) is 0 Å². The summed E-state index contributed by atoms with van der Waals surface area (Å²) in [5.41, 5.74) is -0.00482. The molecule has 0 radical (unpaired) electrons. The Labute approximate surface area is 115 Å². The van der Waals surface area contributed by atoms with Crippen LogP contribution in [0.3, 0.4) is 0 Å². The van der Waals surface area contributed by atoms with Gasteiger partial charge in [-0.25, -0.2) is 14.0 Å². The van der Waals surface area contributed by atoms with E-state index in [4.69, 9.17) is 10.4 Å². The summed E-state index contributed by atoms with van der Waals surface area (Å²) >= 11 is 0. The molecule has 0 spiro atoms. The minimum atomic E-state index is -1.15. The Morgan fingerprint density at radius 1 is 1.40 bits per heavy atom. The molecule has 7 heteroatoms. The van der Waals surface area contributed by atoms with Crippen molar-refractivity contribution in [1.82, 2.24) is 5.32 Å². The molecule has 0 saturated carbocycles. The molecule has 0 aromatic heterocycles. The highest BCUT2D eigenvalue weighted by Crippen LogP contribution is 2.14. The zero-order chi connectivity index (χ0) is 15.3. The van der Waals surface area contributed by atoms with E-state index in [1.807, 2.05) is 0 Å². The lowest BCUT2D eigenvalue weighted by Crippen LogP contribution is -2.46. The Morgan fingerprint density at radius 2 is 2.05 bits per heavy atom. The molecule has 1 atom stereocenters. The SMILES string of the molecule is CC(C)[C@@H](NC(=O)Nc1ccc(F)c(C#N)c1)C(=O)O. The first-order chi connectivity index (χ1) is 9.35. The molecule has 0 bridgehead atoms. The first-order valence-electron chi connectivity index (χ1n) is 5.85. The van der Waals surface area contributed by atoms with E-state index in [1.165, 1.54) is 12.1 Å². The van der Waals surface area contributed by atoms with Gasteiger partial charge in [0, 0.05) is 5.69 Å². The molecule has 3 N–H and O–H groups in total. The van der Waals surface area contributed by atoms with E-state index in [2.05, 4.69) is 10.6 Å². The fraction of sp³-hybridized carbons (Fsp3) is 0.308. The Hall–Kier alpha value is -2.62. The number of hydrogen-bond donors (Lipinski definition) is 3. The zero-order valence-electron chi connectivity index (χ0n) is 11.0. The molecular formula is C13H14FN3O3. The van der Waals surface area contributed by atoms with Crippen LogP contribution in [-0.4, -0.2) is 23.1 Å². The second kappa shape index (κ2) is 6.52. The fourth-order valence-electron chi connectivity index (χ4n) is 1.51. The van der Waals surface area contributed by atoms with Crippen molar-refractivity contribution in [1.29, 1.82) is 5.26 Å². The van der Waals surface area contributed by atoms with Crippen molar-refractivity contribution in [3.05, 3.63) is 29.6 Å². The Bertz CT molecular complexity index is 566. The van der Waals surface area contributed by atoms with Gasteiger partial charge in [0.1, 0.15) is 17.9 Å². The molecule has 0 unspecified atom stereocenters. The average Bonchev–Trinajstić information content (AvgIpc) is 2.37. The lowest BCUT2D eigenvalue weighted by atomic mass is 10.1. The zero-order valence-corrected chi connectivity index (χ0v) is 11.0. The quantitative estimate of drug-likeness (QED) is 0.783. The third-order valence-electron chi connectivity index (χ3n) is 2.56.